The molecule has 3 aromatic heterocycles. The summed E-state index contributed by atoms with van der Waals surface area (Å²) in [6.45, 7) is 6.57. The van der Waals surface area contributed by atoms with Crippen LogP contribution in [0.3, 0.4) is 0 Å². The van der Waals surface area contributed by atoms with Crippen LogP contribution in [0.1, 0.15) is 23.7 Å². The number of hydrogen-bond donors (Lipinski definition) is 1. The Bertz CT molecular complexity index is 1460. The van der Waals surface area contributed by atoms with Crippen molar-refractivity contribution in [1.29, 1.82) is 0 Å². The molecule has 2 aliphatic heterocycles. The van der Waals surface area contributed by atoms with Gasteiger partial charge in [0.2, 0.25) is 5.88 Å². The Hall–Kier alpha value is -4.08. The Morgan fingerprint density at radius 2 is 1.89 bits per heavy atom. The van der Waals surface area contributed by atoms with Crippen LogP contribution in [0.4, 0.5) is 5.82 Å². The van der Waals surface area contributed by atoms with Crippen molar-refractivity contribution >= 4 is 23.1 Å². The molecule has 38 heavy (non-hydrogen) atoms. The van der Waals surface area contributed by atoms with E-state index in [-0.39, 0.29) is 0 Å². The first-order valence-electron chi connectivity index (χ1n) is 12.6. The maximum Gasteiger partial charge on any atom is 0.219 e. The van der Waals surface area contributed by atoms with Crippen molar-refractivity contribution in [3.05, 3.63) is 72.8 Å². The molecule has 3 atom stereocenters. The summed E-state index contributed by atoms with van der Waals surface area (Å²) in [6.07, 6.45) is 4.42. The summed E-state index contributed by atoms with van der Waals surface area (Å²) in [6, 6.07) is 14.6. The summed E-state index contributed by atoms with van der Waals surface area (Å²) >= 11 is 0. The molecule has 4 aromatic rings. The minimum Gasteiger partial charge on any atom is -0.439 e. The lowest BCUT2D eigenvalue weighted by Crippen LogP contribution is -2.44. The monoisotopic (exact) mass is 512 g/mol. The molecule has 2 aliphatic rings. The van der Waals surface area contributed by atoms with Crippen LogP contribution in [0, 0.1) is 6.92 Å². The molecule has 0 spiro atoms. The lowest BCUT2D eigenvalue weighted by molar-refractivity contribution is -0.104. The number of fused-ring (bicyclic) bond motifs is 3. The predicted octanol–water partition coefficient (Wildman–Crippen LogP) is 4.27. The minimum atomic E-state index is 0.318. The van der Waals surface area contributed by atoms with Gasteiger partial charge in [-0.2, -0.15) is 0 Å². The third kappa shape index (κ3) is 4.66. The van der Waals surface area contributed by atoms with E-state index >= 15 is 0 Å². The van der Waals surface area contributed by atoms with E-state index in [9.17, 15) is 0 Å². The Morgan fingerprint density at radius 3 is 2.58 bits per heavy atom. The van der Waals surface area contributed by atoms with Gasteiger partial charge >= 0.3 is 0 Å². The first kappa shape index (κ1) is 25.6. The lowest BCUT2D eigenvalue weighted by atomic mass is 9.90. The van der Waals surface area contributed by atoms with E-state index in [1.54, 1.807) is 6.33 Å². The van der Waals surface area contributed by atoms with Gasteiger partial charge in [0.05, 0.1) is 18.6 Å². The molecular weight excluding hydrogens is 480 g/mol. The maximum atomic E-state index is 9.06. The summed E-state index contributed by atoms with van der Waals surface area (Å²) in [5, 5.41) is 0.902. The second-order valence-electron chi connectivity index (χ2n) is 9.66. The highest BCUT2D eigenvalue weighted by atomic mass is 16.5. The molecule has 0 amide bonds. The van der Waals surface area contributed by atoms with Crippen molar-refractivity contribution < 1.29 is 14.3 Å². The van der Waals surface area contributed by atoms with Gasteiger partial charge in [-0.15, -0.1) is 0 Å². The number of ether oxygens (including phenoxy) is 2. The fourth-order valence-corrected chi connectivity index (χ4v) is 5.61. The second kappa shape index (κ2) is 10.7. The number of nitrogens with two attached hydrogens (primary N) is 1. The fourth-order valence-electron chi connectivity index (χ4n) is 5.61. The molecule has 5 heterocycles. The van der Waals surface area contributed by atoms with Gasteiger partial charge in [-0.25, -0.2) is 15.0 Å². The first-order valence-corrected chi connectivity index (χ1v) is 12.6. The minimum absolute atomic E-state index is 0.318. The number of carbonyl (C=O) groups excluding carboxylic acids is 1. The molecule has 1 aromatic carbocycles. The van der Waals surface area contributed by atoms with Gasteiger partial charge in [-0.3, -0.25) is 9.69 Å². The first-order chi connectivity index (χ1) is 18.4. The van der Waals surface area contributed by atoms with Gasteiger partial charge in [-0.05, 0) is 50.2 Å². The summed E-state index contributed by atoms with van der Waals surface area (Å²) < 4.78 is 14.1. The van der Waals surface area contributed by atoms with Crippen molar-refractivity contribution in [2.75, 3.05) is 26.0 Å². The molecule has 2 fully saturated rings. The molecule has 6 rings (SSSR count). The molecule has 3 unspecified atom stereocenters. The number of hydrogen-bond acceptors (Lipinski definition) is 8. The van der Waals surface area contributed by atoms with Crippen molar-refractivity contribution in [3.8, 4) is 22.8 Å². The number of anilines is 1. The van der Waals surface area contributed by atoms with Crippen molar-refractivity contribution in [3.63, 3.8) is 0 Å². The number of rotatable bonds is 5. The van der Waals surface area contributed by atoms with Gasteiger partial charge in [0.25, 0.3) is 0 Å². The molecule has 0 saturated carbocycles. The van der Waals surface area contributed by atoms with Crippen LogP contribution in [0.15, 0.2) is 61.4 Å². The quantitative estimate of drug-likeness (QED) is 0.312. The number of nitrogen functional groups attached to an aromatic ring is 1. The SMILES string of the molecule is C=CC=O.Cc1cccc(Oc2ccc(-c3c(C4CC5COCC4N5C)n(C)c4ncnc(N)c34)cc2)n1. The number of aromatic nitrogens is 4. The normalized spacial score (nSPS) is 20.6. The van der Waals surface area contributed by atoms with Crippen LogP contribution in [-0.4, -0.2) is 63.1 Å². The van der Waals surface area contributed by atoms with Crippen molar-refractivity contribution in [1.82, 2.24) is 24.4 Å². The number of aryl methyl sites for hydroxylation is 2. The topological polar surface area (TPSA) is 108 Å². The third-order valence-corrected chi connectivity index (χ3v) is 7.41. The van der Waals surface area contributed by atoms with Crippen molar-refractivity contribution in [2.24, 2.45) is 7.05 Å². The summed E-state index contributed by atoms with van der Waals surface area (Å²) in [5.41, 5.74) is 11.6. The lowest BCUT2D eigenvalue weighted by Gasteiger charge is -2.32. The zero-order valence-electron chi connectivity index (χ0n) is 21.9. The largest absolute Gasteiger partial charge is 0.439 e. The molecule has 2 saturated heterocycles. The van der Waals surface area contributed by atoms with Crippen LogP contribution >= 0.6 is 0 Å². The zero-order chi connectivity index (χ0) is 26.8. The van der Waals surface area contributed by atoms with Gasteiger partial charge in [0.1, 0.15) is 29.8 Å². The maximum absolute atomic E-state index is 9.06. The standard InChI is InChI=1S/C26H28N6O2.C3H4O/c1-15-5-4-6-21(30-15)34-18-9-7-16(8-10-18)22-23-25(27)28-14-29-26(23)32(3)24(22)19-11-17-12-33-13-20(19)31(17)2;1-2-3-4/h4-10,14,17,19-20H,11-13H2,1-3H3,(H2,27,28,29);2-3H,1H2. The van der Waals surface area contributed by atoms with E-state index in [0.717, 1.165) is 53.2 Å². The molecule has 2 N–H and O–H groups in total. The fraction of sp³-hybridized carbons (Fsp3) is 0.310. The van der Waals surface area contributed by atoms with E-state index in [0.29, 0.717) is 36.0 Å². The van der Waals surface area contributed by atoms with E-state index in [1.807, 2.05) is 37.3 Å². The van der Waals surface area contributed by atoms with Crippen LogP contribution in [0.25, 0.3) is 22.2 Å². The third-order valence-electron chi connectivity index (χ3n) is 7.41. The molecule has 0 aliphatic carbocycles. The highest BCUT2D eigenvalue weighted by Crippen LogP contribution is 2.47. The predicted molar refractivity (Wildman–Crippen MR) is 147 cm³/mol. The number of benzene rings is 1. The average molecular weight is 513 g/mol. The van der Waals surface area contributed by atoms with Gasteiger partial charge < -0.3 is 19.8 Å². The summed E-state index contributed by atoms with van der Waals surface area (Å²) in [5.74, 6) is 2.13. The average Bonchev–Trinajstić information content (AvgIpc) is 3.27. The number of allylic oxidation sites excluding steroid dienone is 1. The Labute approximate surface area is 221 Å². The molecule has 9 heteroatoms. The summed E-state index contributed by atoms with van der Waals surface area (Å²) in [4.78, 5) is 24.9. The highest BCUT2D eigenvalue weighted by molar-refractivity contribution is 6.02. The van der Waals surface area contributed by atoms with E-state index in [4.69, 9.17) is 20.0 Å². The number of likely N-dealkylation sites (N-methyl/N-ethyl adjacent to an activating group) is 1. The van der Waals surface area contributed by atoms with Gasteiger partial charge in [0, 0.05) is 48.1 Å². The Balaban J connectivity index is 0.000000689. The number of morpholine rings is 1. The number of nitrogens with zero attached hydrogens (tertiary/aromatic N) is 5. The highest BCUT2D eigenvalue weighted by Gasteiger charge is 2.45. The van der Waals surface area contributed by atoms with E-state index < -0.39 is 0 Å². The molecule has 196 valence electrons. The molecule has 0 radical (unpaired) electrons. The zero-order valence-corrected chi connectivity index (χ0v) is 21.9. The Kier molecular flexibility index (Phi) is 7.22. The van der Waals surface area contributed by atoms with E-state index in [2.05, 4.69) is 57.2 Å². The van der Waals surface area contributed by atoms with Crippen LogP contribution in [-0.2, 0) is 16.6 Å². The second-order valence-corrected chi connectivity index (χ2v) is 9.66. The summed E-state index contributed by atoms with van der Waals surface area (Å²) in [7, 11) is 4.29. The van der Waals surface area contributed by atoms with Crippen LogP contribution in [0.2, 0.25) is 0 Å². The smallest absolute Gasteiger partial charge is 0.219 e. The molecule has 9 nitrogen and oxygen atoms in total. The van der Waals surface area contributed by atoms with Gasteiger partial charge in [0.15, 0.2) is 0 Å². The van der Waals surface area contributed by atoms with Crippen molar-refractivity contribution in [2.45, 2.75) is 31.3 Å². The number of carbonyl (C=O) groups is 1. The van der Waals surface area contributed by atoms with Gasteiger partial charge in [-0.1, -0.05) is 24.8 Å². The number of pyridine rings is 1. The molecule has 2 bridgehead atoms. The number of aldehydes is 1. The van der Waals surface area contributed by atoms with E-state index in [1.165, 1.54) is 11.8 Å². The molecular formula is C29H32N6O3. The van der Waals surface area contributed by atoms with Crippen LogP contribution < -0.4 is 10.5 Å². The van der Waals surface area contributed by atoms with Crippen LogP contribution in [0.5, 0.6) is 11.6 Å². The Morgan fingerprint density at radius 1 is 1.13 bits per heavy atom.